The Morgan fingerprint density at radius 2 is 2.10 bits per heavy atom. The van der Waals surface area contributed by atoms with Crippen molar-refractivity contribution in [2.24, 2.45) is 0 Å². The quantitative estimate of drug-likeness (QED) is 0.647. The van der Waals surface area contributed by atoms with Gasteiger partial charge in [0.25, 0.3) is 5.69 Å². The molecule has 0 unspecified atom stereocenters. The van der Waals surface area contributed by atoms with E-state index in [1.54, 1.807) is 13.1 Å². The standard InChI is InChI=1S/C14H12BrFN2O3/c1-17-14-5-2-10(18(19)20)6-9(14)8-21-11-3-4-13(16)12(15)7-11/h2-7,17H,8H2,1H3. The minimum Gasteiger partial charge on any atom is -0.489 e. The van der Waals surface area contributed by atoms with Gasteiger partial charge in [0.1, 0.15) is 18.2 Å². The molecule has 0 bridgehead atoms. The molecule has 110 valence electrons. The molecule has 0 saturated carbocycles. The van der Waals surface area contributed by atoms with Crippen molar-refractivity contribution in [2.75, 3.05) is 12.4 Å². The SMILES string of the molecule is CNc1ccc([N+](=O)[O-])cc1COc1ccc(F)c(Br)c1. The summed E-state index contributed by atoms with van der Waals surface area (Å²) >= 11 is 3.07. The van der Waals surface area contributed by atoms with Crippen molar-refractivity contribution in [1.82, 2.24) is 0 Å². The van der Waals surface area contributed by atoms with Crippen LogP contribution in [0.5, 0.6) is 5.75 Å². The van der Waals surface area contributed by atoms with Crippen molar-refractivity contribution in [3.05, 3.63) is 62.4 Å². The van der Waals surface area contributed by atoms with E-state index in [1.807, 2.05) is 0 Å². The lowest BCUT2D eigenvalue weighted by molar-refractivity contribution is -0.384. The van der Waals surface area contributed by atoms with Gasteiger partial charge in [0.15, 0.2) is 0 Å². The van der Waals surface area contributed by atoms with Crippen molar-refractivity contribution in [1.29, 1.82) is 0 Å². The Kier molecular flexibility index (Phi) is 4.74. The van der Waals surface area contributed by atoms with Gasteiger partial charge in [-0.25, -0.2) is 4.39 Å². The Bertz CT molecular complexity index is 679. The first-order valence-electron chi connectivity index (χ1n) is 6.04. The van der Waals surface area contributed by atoms with Crippen molar-refractivity contribution in [3.63, 3.8) is 0 Å². The summed E-state index contributed by atoms with van der Waals surface area (Å²) in [6.45, 7) is 0.135. The largest absolute Gasteiger partial charge is 0.489 e. The van der Waals surface area contributed by atoms with E-state index >= 15 is 0 Å². The molecular formula is C14H12BrFN2O3. The lowest BCUT2D eigenvalue weighted by atomic mass is 10.1. The minimum atomic E-state index is -0.461. The van der Waals surface area contributed by atoms with E-state index in [0.717, 1.165) is 5.69 Å². The van der Waals surface area contributed by atoms with Gasteiger partial charge in [-0.1, -0.05) is 0 Å². The van der Waals surface area contributed by atoms with Crippen LogP contribution in [0.25, 0.3) is 0 Å². The number of rotatable bonds is 5. The summed E-state index contributed by atoms with van der Waals surface area (Å²) in [5.41, 5.74) is 1.38. The minimum absolute atomic E-state index is 0.00659. The predicted molar refractivity (Wildman–Crippen MR) is 81.1 cm³/mol. The lowest BCUT2D eigenvalue weighted by Crippen LogP contribution is -2.02. The van der Waals surface area contributed by atoms with Gasteiger partial charge in [-0.05, 0) is 40.2 Å². The topological polar surface area (TPSA) is 64.4 Å². The highest BCUT2D eigenvalue weighted by atomic mass is 79.9. The van der Waals surface area contributed by atoms with Crippen LogP contribution in [0.15, 0.2) is 40.9 Å². The Hall–Kier alpha value is -2.15. The number of non-ortho nitro benzene ring substituents is 1. The average Bonchev–Trinajstić information content (AvgIpc) is 2.48. The molecule has 0 atom stereocenters. The van der Waals surface area contributed by atoms with Gasteiger partial charge < -0.3 is 10.1 Å². The highest BCUT2D eigenvalue weighted by molar-refractivity contribution is 9.10. The van der Waals surface area contributed by atoms with Crippen molar-refractivity contribution in [3.8, 4) is 5.75 Å². The van der Waals surface area contributed by atoms with Crippen LogP contribution in [0, 0.1) is 15.9 Å². The third-order valence-electron chi connectivity index (χ3n) is 2.85. The second kappa shape index (κ2) is 6.53. The molecule has 0 spiro atoms. The summed E-state index contributed by atoms with van der Waals surface area (Å²) in [4.78, 5) is 10.3. The number of anilines is 1. The second-order valence-corrected chi connectivity index (χ2v) is 5.07. The van der Waals surface area contributed by atoms with E-state index in [1.165, 1.54) is 30.3 Å². The van der Waals surface area contributed by atoms with E-state index in [0.29, 0.717) is 15.8 Å². The molecule has 0 saturated heterocycles. The second-order valence-electron chi connectivity index (χ2n) is 4.21. The van der Waals surface area contributed by atoms with Crippen LogP contribution >= 0.6 is 15.9 Å². The predicted octanol–water partition coefficient (Wildman–Crippen LogP) is 4.12. The maximum Gasteiger partial charge on any atom is 0.269 e. The number of nitro groups is 1. The first-order valence-corrected chi connectivity index (χ1v) is 6.83. The number of hydrogen-bond acceptors (Lipinski definition) is 4. The maximum atomic E-state index is 13.1. The Morgan fingerprint density at radius 3 is 2.71 bits per heavy atom. The number of nitrogens with one attached hydrogen (secondary N) is 1. The van der Waals surface area contributed by atoms with Crippen LogP contribution in [0.2, 0.25) is 0 Å². The first kappa shape index (κ1) is 15.2. The summed E-state index contributed by atoms with van der Waals surface area (Å²) in [5, 5.41) is 13.8. The van der Waals surface area contributed by atoms with Crippen LogP contribution < -0.4 is 10.1 Å². The van der Waals surface area contributed by atoms with E-state index < -0.39 is 4.92 Å². The van der Waals surface area contributed by atoms with Crippen LogP contribution in [0.4, 0.5) is 15.8 Å². The summed E-state index contributed by atoms with van der Waals surface area (Å²) in [6, 6.07) is 8.78. The van der Waals surface area contributed by atoms with E-state index in [9.17, 15) is 14.5 Å². The molecular weight excluding hydrogens is 343 g/mol. The molecule has 2 aromatic carbocycles. The molecule has 0 aliphatic rings. The molecule has 0 aliphatic carbocycles. The smallest absolute Gasteiger partial charge is 0.269 e. The number of nitro benzene ring substituents is 1. The Labute approximate surface area is 129 Å². The zero-order valence-electron chi connectivity index (χ0n) is 11.1. The van der Waals surface area contributed by atoms with Gasteiger partial charge in [-0.2, -0.15) is 0 Å². The van der Waals surface area contributed by atoms with Gasteiger partial charge in [0.05, 0.1) is 9.40 Å². The molecule has 2 aromatic rings. The number of nitrogens with zero attached hydrogens (tertiary/aromatic N) is 1. The number of ether oxygens (including phenoxy) is 1. The van der Waals surface area contributed by atoms with E-state index in [4.69, 9.17) is 4.74 Å². The Balaban J connectivity index is 2.19. The van der Waals surface area contributed by atoms with Crippen LogP contribution in [-0.4, -0.2) is 12.0 Å². The molecule has 0 aliphatic heterocycles. The fourth-order valence-corrected chi connectivity index (χ4v) is 2.14. The summed E-state index contributed by atoms with van der Waals surface area (Å²) in [6.07, 6.45) is 0. The lowest BCUT2D eigenvalue weighted by Gasteiger charge is -2.11. The van der Waals surface area contributed by atoms with Crippen molar-refractivity contribution >= 4 is 27.3 Å². The number of halogens is 2. The van der Waals surface area contributed by atoms with Crippen LogP contribution in [-0.2, 0) is 6.61 Å². The van der Waals surface area contributed by atoms with Gasteiger partial charge >= 0.3 is 0 Å². The molecule has 0 radical (unpaired) electrons. The van der Waals surface area contributed by atoms with Gasteiger partial charge in [-0.3, -0.25) is 10.1 Å². The molecule has 0 heterocycles. The van der Waals surface area contributed by atoms with E-state index in [-0.39, 0.29) is 18.1 Å². The first-order chi connectivity index (χ1) is 10.0. The highest BCUT2D eigenvalue weighted by Gasteiger charge is 2.11. The molecule has 7 heteroatoms. The fourth-order valence-electron chi connectivity index (χ4n) is 1.78. The fraction of sp³-hybridized carbons (Fsp3) is 0.143. The van der Waals surface area contributed by atoms with Crippen molar-refractivity contribution in [2.45, 2.75) is 6.61 Å². The molecule has 21 heavy (non-hydrogen) atoms. The van der Waals surface area contributed by atoms with Gasteiger partial charge in [0, 0.05) is 30.4 Å². The highest BCUT2D eigenvalue weighted by Crippen LogP contribution is 2.25. The van der Waals surface area contributed by atoms with Crippen LogP contribution in [0.3, 0.4) is 0 Å². The van der Waals surface area contributed by atoms with Crippen LogP contribution in [0.1, 0.15) is 5.56 Å². The number of hydrogen-bond donors (Lipinski definition) is 1. The third kappa shape index (κ3) is 3.69. The maximum absolute atomic E-state index is 13.1. The van der Waals surface area contributed by atoms with Gasteiger partial charge in [-0.15, -0.1) is 0 Å². The molecule has 1 N–H and O–H groups in total. The zero-order valence-corrected chi connectivity index (χ0v) is 12.7. The third-order valence-corrected chi connectivity index (χ3v) is 3.46. The van der Waals surface area contributed by atoms with E-state index in [2.05, 4.69) is 21.2 Å². The Morgan fingerprint density at radius 1 is 1.33 bits per heavy atom. The zero-order chi connectivity index (χ0) is 15.4. The van der Waals surface area contributed by atoms with Gasteiger partial charge in [0.2, 0.25) is 0 Å². The summed E-state index contributed by atoms with van der Waals surface area (Å²) in [7, 11) is 1.72. The average molecular weight is 355 g/mol. The molecule has 0 aromatic heterocycles. The van der Waals surface area contributed by atoms with Crippen molar-refractivity contribution < 1.29 is 14.1 Å². The molecule has 0 fully saturated rings. The molecule has 2 rings (SSSR count). The normalized spacial score (nSPS) is 10.2. The summed E-state index contributed by atoms with van der Waals surface area (Å²) in [5.74, 6) is 0.0884. The number of benzene rings is 2. The molecule has 5 nitrogen and oxygen atoms in total. The molecule has 0 amide bonds. The summed E-state index contributed by atoms with van der Waals surface area (Å²) < 4.78 is 19.0. The monoisotopic (exact) mass is 354 g/mol.